The highest BCUT2D eigenvalue weighted by molar-refractivity contribution is 6.34. The smallest absolute Gasteiger partial charge is 0.471 e. The van der Waals surface area contributed by atoms with Crippen LogP contribution >= 0.6 is 11.6 Å². The summed E-state index contributed by atoms with van der Waals surface area (Å²) in [7, 11) is 0. The topological polar surface area (TPSA) is 86.6 Å². The Morgan fingerprint density at radius 3 is 2.28 bits per heavy atom. The highest BCUT2D eigenvalue weighted by Crippen LogP contribution is 2.31. The summed E-state index contributed by atoms with van der Waals surface area (Å²) in [5.41, 5.74) is -1.13. The molecule has 0 aliphatic rings. The summed E-state index contributed by atoms with van der Waals surface area (Å²) in [6.07, 6.45) is -5.12. The summed E-state index contributed by atoms with van der Waals surface area (Å²) >= 11 is 5.48. The van der Waals surface area contributed by atoms with Gasteiger partial charge in [-0.15, -0.1) is 0 Å². The van der Waals surface area contributed by atoms with Crippen LogP contribution in [0.15, 0.2) is 12.1 Å². The Morgan fingerprint density at radius 1 is 1.28 bits per heavy atom. The Hall–Kier alpha value is -1.96. The van der Waals surface area contributed by atoms with Crippen molar-refractivity contribution in [2.45, 2.75) is 6.18 Å². The first kappa shape index (κ1) is 14.1. The molecule has 0 bridgehead atoms. The highest BCUT2D eigenvalue weighted by atomic mass is 35.5. The van der Waals surface area contributed by atoms with Gasteiger partial charge < -0.3 is 15.5 Å². The molecule has 18 heavy (non-hydrogen) atoms. The standard InChI is InChI=1S/C9H5ClF3NO4/c10-4-1-3(7(16)17)6(15)2-5(4)14-8(18)9(11,12)13/h1-2,15H,(H,14,18)(H,16,17). The molecule has 0 radical (unpaired) electrons. The Bertz CT molecular complexity index is 515. The zero-order valence-electron chi connectivity index (χ0n) is 8.38. The van der Waals surface area contributed by atoms with Crippen molar-refractivity contribution in [3.63, 3.8) is 0 Å². The number of nitrogens with one attached hydrogen (secondary N) is 1. The average Bonchev–Trinajstić information content (AvgIpc) is 2.21. The number of benzene rings is 1. The molecule has 9 heteroatoms. The Kier molecular flexibility index (Phi) is 3.70. The summed E-state index contributed by atoms with van der Waals surface area (Å²) < 4.78 is 35.9. The van der Waals surface area contributed by atoms with E-state index in [9.17, 15) is 27.9 Å². The van der Waals surface area contributed by atoms with E-state index in [1.807, 2.05) is 0 Å². The van der Waals surface area contributed by atoms with Crippen LogP contribution in [0.2, 0.25) is 5.02 Å². The number of halogens is 4. The van der Waals surface area contributed by atoms with Gasteiger partial charge in [0.05, 0.1) is 10.7 Å². The number of carboxylic acids is 1. The summed E-state index contributed by atoms with van der Waals surface area (Å²) in [4.78, 5) is 21.2. The van der Waals surface area contributed by atoms with Gasteiger partial charge in [0.15, 0.2) is 0 Å². The van der Waals surface area contributed by atoms with Crippen LogP contribution in [0.25, 0.3) is 0 Å². The van der Waals surface area contributed by atoms with Crippen LogP contribution in [0.1, 0.15) is 10.4 Å². The van der Waals surface area contributed by atoms with Gasteiger partial charge in [0.2, 0.25) is 0 Å². The Balaban J connectivity index is 3.10. The number of hydrogen-bond acceptors (Lipinski definition) is 3. The predicted molar refractivity (Wildman–Crippen MR) is 54.8 cm³/mol. The number of carbonyl (C=O) groups is 2. The molecule has 98 valence electrons. The Morgan fingerprint density at radius 2 is 1.83 bits per heavy atom. The van der Waals surface area contributed by atoms with Crippen LogP contribution in [-0.4, -0.2) is 28.3 Å². The molecule has 0 spiro atoms. The average molecular weight is 284 g/mol. The molecule has 0 saturated heterocycles. The van der Waals surface area contributed by atoms with E-state index in [0.717, 1.165) is 6.07 Å². The molecule has 1 rings (SSSR count). The van der Waals surface area contributed by atoms with Crippen molar-refractivity contribution in [3.05, 3.63) is 22.7 Å². The number of amides is 1. The maximum Gasteiger partial charge on any atom is 0.471 e. The zero-order chi connectivity index (χ0) is 14.1. The van der Waals surface area contributed by atoms with Crippen molar-refractivity contribution < 1.29 is 33.0 Å². The van der Waals surface area contributed by atoms with Crippen molar-refractivity contribution in [1.82, 2.24) is 0 Å². The third-order valence-electron chi connectivity index (χ3n) is 1.82. The number of carboxylic acid groups (broad SMARTS) is 1. The van der Waals surface area contributed by atoms with E-state index in [-0.39, 0.29) is 0 Å². The van der Waals surface area contributed by atoms with E-state index >= 15 is 0 Å². The number of phenols is 1. The van der Waals surface area contributed by atoms with Gasteiger partial charge in [-0.25, -0.2) is 4.79 Å². The number of aromatic carboxylic acids is 1. The minimum absolute atomic E-state index is 0.442. The van der Waals surface area contributed by atoms with Gasteiger partial charge >= 0.3 is 18.1 Å². The predicted octanol–water partition coefficient (Wildman–Crippen LogP) is 2.24. The largest absolute Gasteiger partial charge is 0.507 e. The molecular formula is C9H5ClF3NO4. The minimum atomic E-state index is -5.12. The fourth-order valence-corrected chi connectivity index (χ4v) is 1.23. The molecule has 1 aromatic rings. The van der Waals surface area contributed by atoms with E-state index in [0.29, 0.717) is 6.07 Å². The molecule has 0 saturated carbocycles. The SMILES string of the molecule is O=C(O)c1cc(Cl)c(NC(=O)C(F)(F)F)cc1O. The molecule has 1 amide bonds. The number of hydrogen-bond donors (Lipinski definition) is 3. The lowest BCUT2D eigenvalue weighted by atomic mass is 10.2. The number of rotatable bonds is 2. The molecule has 0 aliphatic heterocycles. The first-order valence-electron chi connectivity index (χ1n) is 4.27. The van der Waals surface area contributed by atoms with Crippen LogP contribution < -0.4 is 5.32 Å². The van der Waals surface area contributed by atoms with Crippen molar-refractivity contribution in [2.24, 2.45) is 0 Å². The molecule has 1 aromatic carbocycles. The van der Waals surface area contributed by atoms with Gasteiger partial charge in [-0.05, 0) is 6.07 Å². The van der Waals surface area contributed by atoms with E-state index in [2.05, 4.69) is 0 Å². The van der Waals surface area contributed by atoms with Crippen molar-refractivity contribution in [2.75, 3.05) is 5.32 Å². The van der Waals surface area contributed by atoms with E-state index in [1.165, 1.54) is 5.32 Å². The molecule has 5 nitrogen and oxygen atoms in total. The molecular weight excluding hydrogens is 279 g/mol. The molecule has 0 atom stereocenters. The number of alkyl halides is 3. The first-order valence-corrected chi connectivity index (χ1v) is 4.64. The van der Waals surface area contributed by atoms with E-state index < -0.39 is 40.1 Å². The molecule has 0 aliphatic carbocycles. The van der Waals surface area contributed by atoms with Crippen LogP contribution in [0.4, 0.5) is 18.9 Å². The molecule has 0 unspecified atom stereocenters. The minimum Gasteiger partial charge on any atom is -0.507 e. The summed E-state index contributed by atoms with van der Waals surface area (Å²) in [5.74, 6) is -4.61. The fourth-order valence-electron chi connectivity index (χ4n) is 1.02. The lowest BCUT2D eigenvalue weighted by Crippen LogP contribution is -2.30. The van der Waals surface area contributed by atoms with E-state index in [4.69, 9.17) is 16.7 Å². The number of anilines is 1. The van der Waals surface area contributed by atoms with Crippen LogP contribution in [-0.2, 0) is 4.79 Å². The highest BCUT2D eigenvalue weighted by Gasteiger charge is 2.39. The van der Waals surface area contributed by atoms with E-state index in [1.54, 1.807) is 0 Å². The van der Waals surface area contributed by atoms with Gasteiger partial charge in [0.1, 0.15) is 11.3 Å². The van der Waals surface area contributed by atoms with Gasteiger partial charge in [-0.3, -0.25) is 4.79 Å². The third kappa shape index (κ3) is 3.04. The number of aromatic hydroxyl groups is 1. The maximum absolute atomic E-state index is 12.0. The molecule has 0 heterocycles. The first-order chi connectivity index (χ1) is 8.12. The van der Waals surface area contributed by atoms with Crippen LogP contribution in [0.3, 0.4) is 0 Å². The van der Waals surface area contributed by atoms with Gasteiger partial charge in [0.25, 0.3) is 0 Å². The molecule has 0 aromatic heterocycles. The lowest BCUT2D eigenvalue weighted by Gasteiger charge is -2.10. The normalized spacial score (nSPS) is 11.1. The number of carbonyl (C=O) groups excluding carboxylic acids is 1. The second-order valence-corrected chi connectivity index (χ2v) is 3.51. The molecule has 3 N–H and O–H groups in total. The van der Waals surface area contributed by atoms with Crippen LogP contribution in [0, 0.1) is 0 Å². The summed E-state index contributed by atoms with van der Waals surface area (Å²) in [6.45, 7) is 0. The monoisotopic (exact) mass is 283 g/mol. The quantitative estimate of drug-likeness (QED) is 0.777. The second kappa shape index (κ2) is 4.73. The van der Waals surface area contributed by atoms with Crippen molar-refractivity contribution in [1.29, 1.82) is 0 Å². The van der Waals surface area contributed by atoms with Crippen molar-refractivity contribution in [3.8, 4) is 5.75 Å². The summed E-state index contributed by atoms with van der Waals surface area (Å²) in [5, 5.41) is 18.8. The van der Waals surface area contributed by atoms with Gasteiger partial charge in [-0.2, -0.15) is 13.2 Å². The third-order valence-corrected chi connectivity index (χ3v) is 2.13. The fraction of sp³-hybridized carbons (Fsp3) is 0.111. The second-order valence-electron chi connectivity index (χ2n) is 3.11. The van der Waals surface area contributed by atoms with Gasteiger partial charge in [0, 0.05) is 6.07 Å². The maximum atomic E-state index is 12.0. The van der Waals surface area contributed by atoms with Crippen LogP contribution in [0.5, 0.6) is 5.75 Å². The van der Waals surface area contributed by atoms with Gasteiger partial charge in [-0.1, -0.05) is 11.6 Å². The zero-order valence-corrected chi connectivity index (χ0v) is 9.13. The Labute approximate surface area is 103 Å². The molecule has 0 fully saturated rings. The van der Waals surface area contributed by atoms with Crippen molar-refractivity contribution >= 4 is 29.2 Å². The lowest BCUT2D eigenvalue weighted by molar-refractivity contribution is -0.167. The summed E-state index contributed by atoms with van der Waals surface area (Å²) in [6, 6.07) is 1.35.